The number of carbonyl (C=O) groups excluding carboxylic acids is 1. The maximum absolute atomic E-state index is 11.6. The summed E-state index contributed by atoms with van der Waals surface area (Å²) in [7, 11) is 4.63. The molecule has 0 aromatic heterocycles. The lowest BCUT2D eigenvalue weighted by Gasteiger charge is -2.39. The summed E-state index contributed by atoms with van der Waals surface area (Å²) in [5.74, 6) is 0.343. The highest BCUT2D eigenvalue weighted by atomic mass is 79.9. The second kappa shape index (κ2) is 8.64. The van der Waals surface area contributed by atoms with Gasteiger partial charge in [-0.15, -0.1) is 0 Å². The molecule has 0 aliphatic carbocycles. The van der Waals surface area contributed by atoms with Crippen LogP contribution in [0.2, 0.25) is 0 Å². The predicted octanol–water partition coefficient (Wildman–Crippen LogP) is 2.44. The van der Waals surface area contributed by atoms with E-state index < -0.39 is 36.5 Å². The lowest BCUT2D eigenvalue weighted by atomic mass is 9.99. The SMILES string of the molecule is COc1cc(Br)c(CO[C@H]2[C@@H]3OC(C)(C)O[C@@H]3[C@@H](OC)O[C@@H]2C=O)cc1OC. The van der Waals surface area contributed by atoms with Crippen LogP contribution in [0.25, 0.3) is 0 Å². The van der Waals surface area contributed by atoms with Crippen molar-refractivity contribution in [2.75, 3.05) is 21.3 Å². The average molecular weight is 461 g/mol. The number of rotatable bonds is 7. The average Bonchev–Trinajstić information content (AvgIpc) is 3.01. The highest BCUT2D eigenvalue weighted by molar-refractivity contribution is 9.10. The molecule has 0 spiro atoms. The molecule has 0 unspecified atom stereocenters. The molecule has 9 heteroatoms. The standard InChI is InChI=1S/C19H25BrO8/c1-19(2)27-16-15(14(8-21)26-18(24-5)17(16)28-19)25-9-10-6-12(22-3)13(23-4)7-11(10)20/h6-8,14-18H,9H2,1-5H3/t14-,15-,16+,17+,18+/m1/s1. The molecule has 2 aliphatic heterocycles. The normalized spacial score (nSPS) is 31.3. The number of fused-ring (bicyclic) bond motifs is 1. The Morgan fingerprint density at radius 1 is 1.11 bits per heavy atom. The van der Waals surface area contributed by atoms with Crippen LogP contribution in [0.3, 0.4) is 0 Å². The molecule has 156 valence electrons. The molecule has 2 saturated heterocycles. The number of carbonyl (C=O) groups is 1. The van der Waals surface area contributed by atoms with Crippen LogP contribution >= 0.6 is 15.9 Å². The summed E-state index contributed by atoms with van der Waals surface area (Å²) in [6.45, 7) is 3.80. The fraction of sp³-hybridized carbons (Fsp3) is 0.632. The lowest BCUT2D eigenvalue weighted by Crippen LogP contribution is -2.58. The zero-order valence-electron chi connectivity index (χ0n) is 16.5. The molecule has 0 saturated carbocycles. The van der Waals surface area contributed by atoms with E-state index >= 15 is 0 Å². The van der Waals surface area contributed by atoms with Crippen molar-refractivity contribution < 1.29 is 38.0 Å². The monoisotopic (exact) mass is 460 g/mol. The molecule has 3 rings (SSSR count). The third-order valence-electron chi connectivity index (χ3n) is 4.72. The summed E-state index contributed by atoms with van der Waals surface area (Å²) in [5, 5.41) is 0. The molecule has 0 N–H and O–H groups in total. The Morgan fingerprint density at radius 2 is 1.75 bits per heavy atom. The summed E-state index contributed by atoms with van der Waals surface area (Å²) < 4.78 is 40.5. The van der Waals surface area contributed by atoms with Gasteiger partial charge in [-0.3, -0.25) is 0 Å². The van der Waals surface area contributed by atoms with E-state index in [0.29, 0.717) is 17.8 Å². The molecule has 0 bridgehead atoms. The highest BCUT2D eigenvalue weighted by Gasteiger charge is 2.56. The van der Waals surface area contributed by atoms with E-state index in [2.05, 4.69) is 15.9 Å². The Labute approximate surface area is 172 Å². The third-order valence-corrected chi connectivity index (χ3v) is 5.46. The van der Waals surface area contributed by atoms with Crippen LogP contribution in [0.4, 0.5) is 0 Å². The number of benzene rings is 1. The fourth-order valence-electron chi connectivity index (χ4n) is 3.46. The van der Waals surface area contributed by atoms with Crippen molar-refractivity contribution in [3.63, 3.8) is 0 Å². The summed E-state index contributed by atoms with van der Waals surface area (Å²) >= 11 is 3.51. The van der Waals surface area contributed by atoms with Crippen molar-refractivity contribution in [2.24, 2.45) is 0 Å². The van der Waals surface area contributed by atoms with Crippen molar-refractivity contribution in [1.82, 2.24) is 0 Å². The van der Waals surface area contributed by atoms with Gasteiger partial charge in [0.1, 0.15) is 24.4 Å². The lowest BCUT2D eigenvalue weighted by molar-refractivity contribution is -0.266. The second-order valence-corrected chi connectivity index (χ2v) is 7.83. The number of ether oxygens (including phenoxy) is 7. The Kier molecular flexibility index (Phi) is 6.63. The fourth-order valence-corrected chi connectivity index (χ4v) is 3.90. The van der Waals surface area contributed by atoms with Gasteiger partial charge >= 0.3 is 0 Å². The smallest absolute Gasteiger partial charge is 0.187 e. The molecule has 2 heterocycles. The quantitative estimate of drug-likeness (QED) is 0.573. The van der Waals surface area contributed by atoms with Gasteiger partial charge in [-0.1, -0.05) is 15.9 Å². The summed E-state index contributed by atoms with van der Waals surface area (Å²) in [5.41, 5.74) is 0.825. The van der Waals surface area contributed by atoms with Gasteiger partial charge in [-0.05, 0) is 31.5 Å². The van der Waals surface area contributed by atoms with Crippen molar-refractivity contribution >= 4 is 22.2 Å². The largest absolute Gasteiger partial charge is 0.493 e. The zero-order valence-corrected chi connectivity index (χ0v) is 18.1. The highest BCUT2D eigenvalue weighted by Crippen LogP contribution is 2.39. The molecule has 0 radical (unpaired) electrons. The molecule has 1 aromatic carbocycles. The van der Waals surface area contributed by atoms with Crippen LogP contribution in [0, 0.1) is 0 Å². The summed E-state index contributed by atoms with van der Waals surface area (Å²) in [6.07, 6.45) is -2.53. The van der Waals surface area contributed by atoms with Gasteiger partial charge in [0.25, 0.3) is 0 Å². The molecule has 2 fully saturated rings. The molecule has 2 aliphatic rings. The van der Waals surface area contributed by atoms with Crippen LogP contribution in [-0.2, 0) is 35.1 Å². The minimum absolute atomic E-state index is 0.198. The molecular formula is C19H25BrO8. The first-order chi connectivity index (χ1) is 13.3. The van der Waals surface area contributed by atoms with Crippen LogP contribution in [-0.4, -0.2) is 64.1 Å². The first kappa shape index (κ1) is 21.5. The van der Waals surface area contributed by atoms with E-state index in [9.17, 15) is 4.79 Å². The zero-order chi connectivity index (χ0) is 20.5. The second-order valence-electron chi connectivity index (χ2n) is 6.98. The molecule has 8 nitrogen and oxygen atoms in total. The van der Waals surface area contributed by atoms with E-state index in [1.54, 1.807) is 34.1 Å². The number of hydrogen-bond acceptors (Lipinski definition) is 8. The minimum atomic E-state index is -0.845. The number of hydrogen-bond donors (Lipinski definition) is 0. The first-order valence-electron chi connectivity index (χ1n) is 8.84. The van der Waals surface area contributed by atoms with Gasteiger partial charge in [-0.2, -0.15) is 0 Å². The van der Waals surface area contributed by atoms with Crippen LogP contribution < -0.4 is 9.47 Å². The Hall–Kier alpha value is -1.23. The Morgan fingerprint density at radius 3 is 2.36 bits per heavy atom. The summed E-state index contributed by atoms with van der Waals surface area (Å²) in [4.78, 5) is 11.6. The predicted molar refractivity (Wildman–Crippen MR) is 101 cm³/mol. The van der Waals surface area contributed by atoms with Crippen molar-refractivity contribution in [1.29, 1.82) is 0 Å². The van der Waals surface area contributed by atoms with Crippen LogP contribution in [0.5, 0.6) is 11.5 Å². The van der Waals surface area contributed by atoms with Crippen LogP contribution in [0.1, 0.15) is 19.4 Å². The first-order valence-corrected chi connectivity index (χ1v) is 9.64. The topological polar surface area (TPSA) is 81.7 Å². The van der Waals surface area contributed by atoms with Gasteiger partial charge in [0.2, 0.25) is 0 Å². The Bertz CT molecular complexity index is 709. The number of aldehydes is 1. The van der Waals surface area contributed by atoms with Gasteiger partial charge in [-0.25, -0.2) is 0 Å². The molecule has 0 amide bonds. The Balaban J connectivity index is 1.81. The number of methoxy groups -OCH3 is 3. The maximum Gasteiger partial charge on any atom is 0.187 e. The van der Waals surface area contributed by atoms with Gasteiger partial charge in [0.15, 0.2) is 29.9 Å². The molecular weight excluding hydrogens is 436 g/mol. The molecule has 1 aromatic rings. The maximum atomic E-state index is 11.6. The van der Waals surface area contributed by atoms with Gasteiger partial charge in [0, 0.05) is 11.6 Å². The van der Waals surface area contributed by atoms with Crippen molar-refractivity contribution in [2.45, 2.75) is 56.9 Å². The van der Waals surface area contributed by atoms with E-state index in [-0.39, 0.29) is 6.61 Å². The number of halogens is 1. The third kappa shape index (κ3) is 4.19. The van der Waals surface area contributed by atoms with Gasteiger partial charge < -0.3 is 38.0 Å². The molecule has 28 heavy (non-hydrogen) atoms. The minimum Gasteiger partial charge on any atom is -0.493 e. The van der Waals surface area contributed by atoms with E-state index in [1.807, 2.05) is 6.07 Å². The molecule has 5 atom stereocenters. The van der Waals surface area contributed by atoms with E-state index in [0.717, 1.165) is 10.0 Å². The summed E-state index contributed by atoms with van der Waals surface area (Å²) in [6, 6.07) is 3.61. The van der Waals surface area contributed by atoms with E-state index in [4.69, 9.17) is 33.2 Å². The van der Waals surface area contributed by atoms with Crippen molar-refractivity contribution in [3.8, 4) is 11.5 Å². The van der Waals surface area contributed by atoms with E-state index in [1.165, 1.54) is 7.11 Å². The van der Waals surface area contributed by atoms with Gasteiger partial charge in [0.05, 0.1) is 20.8 Å². The van der Waals surface area contributed by atoms with Crippen molar-refractivity contribution in [3.05, 3.63) is 22.2 Å². The van der Waals surface area contributed by atoms with Crippen LogP contribution in [0.15, 0.2) is 16.6 Å².